The molecule has 0 radical (unpaired) electrons. The Morgan fingerprint density at radius 1 is 1.00 bits per heavy atom. The highest BCUT2D eigenvalue weighted by Crippen LogP contribution is 2.46. The Balaban J connectivity index is 1.52. The summed E-state index contributed by atoms with van der Waals surface area (Å²) in [5.41, 5.74) is 0.936. The molecular weight excluding hydrogens is 388 g/mol. The number of methoxy groups -OCH3 is 1. The van der Waals surface area contributed by atoms with Crippen LogP contribution in [-0.4, -0.2) is 66.3 Å². The van der Waals surface area contributed by atoms with Crippen molar-refractivity contribution in [2.24, 2.45) is 0 Å². The summed E-state index contributed by atoms with van der Waals surface area (Å²) < 4.78 is 29.9. The van der Waals surface area contributed by atoms with Crippen molar-refractivity contribution in [3.05, 3.63) is 42.5 Å². The average Bonchev–Trinajstić information content (AvgIpc) is 3.12. The second-order valence-corrected chi connectivity index (χ2v) is 8.33. The molecule has 1 spiro atoms. The van der Waals surface area contributed by atoms with Crippen LogP contribution in [0.2, 0.25) is 0 Å². The minimum Gasteiger partial charge on any atom is -0.497 e. The fourth-order valence-corrected chi connectivity index (χ4v) is 4.75. The van der Waals surface area contributed by atoms with Crippen LogP contribution in [-0.2, 0) is 25.6 Å². The molecule has 2 aliphatic carbocycles. The van der Waals surface area contributed by atoms with Crippen molar-refractivity contribution < 1.29 is 33.9 Å². The van der Waals surface area contributed by atoms with Crippen LogP contribution in [0.4, 0.5) is 0 Å². The molecule has 1 aromatic carbocycles. The van der Waals surface area contributed by atoms with Gasteiger partial charge in [0.15, 0.2) is 5.79 Å². The summed E-state index contributed by atoms with van der Waals surface area (Å²) in [7, 11) is 1.62. The maximum Gasteiger partial charge on any atom is 0.169 e. The zero-order valence-corrected chi connectivity index (χ0v) is 17.4. The number of hydrogen-bond acceptors (Lipinski definition) is 7. The summed E-state index contributed by atoms with van der Waals surface area (Å²) in [6, 6.07) is 7.54. The van der Waals surface area contributed by atoms with Gasteiger partial charge in [-0.1, -0.05) is 24.6 Å². The monoisotopic (exact) mass is 420 g/mol. The van der Waals surface area contributed by atoms with Crippen molar-refractivity contribution in [3.8, 4) is 5.75 Å². The summed E-state index contributed by atoms with van der Waals surface area (Å²) in [6.45, 7) is 4.20. The van der Waals surface area contributed by atoms with E-state index in [2.05, 4.69) is 6.58 Å². The van der Waals surface area contributed by atoms with E-state index in [1.165, 1.54) is 0 Å². The van der Waals surface area contributed by atoms with Crippen molar-refractivity contribution in [2.75, 3.05) is 13.7 Å². The molecule has 7 nitrogen and oxygen atoms in total. The topological polar surface area (TPSA) is 86.6 Å². The molecule has 1 aliphatic heterocycles. The molecule has 4 rings (SSSR count). The summed E-state index contributed by atoms with van der Waals surface area (Å²) in [5.74, 6) is 0.0791. The van der Waals surface area contributed by atoms with Crippen LogP contribution in [0.25, 0.3) is 0 Å². The van der Waals surface area contributed by atoms with E-state index in [1.54, 1.807) is 13.2 Å². The normalized spacial score (nSPS) is 35.2. The number of aliphatic hydroxyl groups is 2. The summed E-state index contributed by atoms with van der Waals surface area (Å²) in [6.07, 6.45) is 1.67. The standard InChI is InChI=1S/C23H32O7/c1-3-13-27-19-17(24)18(25)20(28-14-15-7-9-16(26-2)10-8-15)22-21(19)29-23(30-22)11-5-4-6-12-23/h3,7-10,17-22,24-25H,1,4-6,11-14H2,2H3/t17-,18-,19-,20+,21+,22+/m0/s1. The predicted molar refractivity (Wildman–Crippen MR) is 109 cm³/mol. The first-order valence-electron chi connectivity index (χ1n) is 10.8. The molecule has 0 aromatic heterocycles. The first-order chi connectivity index (χ1) is 14.6. The van der Waals surface area contributed by atoms with Crippen LogP contribution in [0.5, 0.6) is 5.75 Å². The molecule has 1 heterocycles. The van der Waals surface area contributed by atoms with Gasteiger partial charge < -0.3 is 33.9 Å². The van der Waals surface area contributed by atoms with Crippen LogP contribution in [0.15, 0.2) is 36.9 Å². The summed E-state index contributed by atoms with van der Waals surface area (Å²) >= 11 is 0. The van der Waals surface area contributed by atoms with Gasteiger partial charge in [-0.2, -0.15) is 0 Å². The molecule has 7 heteroatoms. The minimum atomic E-state index is -1.15. The third-order valence-electron chi connectivity index (χ3n) is 6.32. The highest BCUT2D eigenvalue weighted by atomic mass is 16.8. The van der Waals surface area contributed by atoms with Gasteiger partial charge in [-0.3, -0.25) is 0 Å². The van der Waals surface area contributed by atoms with Crippen LogP contribution >= 0.6 is 0 Å². The molecule has 0 bridgehead atoms. The molecule has 2 N–H and O–H groups in total. The minimum absolute atomic E-state index is 0.255. The van der Waals surface area contributed by atoms with Gasteiger partial charge in [-0.25, -0.2) is 0 Å². The van der Waals surface area contributed by atoms with E-state index in [0.29, 0.717) is 0 Å². The number of rotatable bonds is 7. The Labute approximate surface area is 177 Å². The quantitative estimate of drug-likeness (QED) is 0.655. The summed E-state index contributed by atoms with van der Waals surface area (Å²) in [4.78, 5) is 0. The molecule has 1 aromatic rings. The van der Waals surface area contributed by atoms with Crippen LogP contribution in [0.3, 0.4) is 0 Å². The molecule has 3 fully saturated rings. The van der Waals surface area contributed by atoms with Crippen molar-refractivity contribution in [3.63, 3.8) is 0 Å². The second-order valence-electron chi connectivity index (χ2n) is 8.33. The lowest BCUT2D eigenvalue weighted by molar-refractivity contribution is -0.219. The van der Waals surface area contributed by atoms with Crippen molar-refractivity contribution in [2.45, 2.75) is 81.1 Å². The lowest BCUT2D eigenvalue weighted by Gasteiger charge is -2.42. The first-order valence-corrected chi connectivity index (χ1v) is 10.8. The molecule has 30 heavy (non-hydrogen) atoms. The van der Waals surface area contributed by atoms with E-state index < -0.39 is 42.4 Å². The van der Waals surface area contributed by atoms with Gasteiger partial charge in [0.1, 0.15) is 42.4 Å². The third-order valence-corrected chi connectivity index (χ3v) is 6.32. The van der Waals surface area contributed by atoms with Crippen LogP contribution in [0.1, 0.15) is 37.7 Å². The highest BCUT2D eigenvalue weighted by Gasteiger charge is 2.61. The van der Waals surface area contributed by atoms with Crippen molar-refractivity contribution in [1.29, 1.82) is 0 Å². The largest absolute Gasteiger partial charge is 0.497 e. The molecule has 2 saturated carbocycles. The SMILES string of the molecule is C=CCO[C@H]1[C@@H](O)[C@H](O)[C@@H](OCc2ccc(OC)cc2)[C@H]2OC3(CCCCC3)O[C@@H]21. The zero-order chi connectivity index (χ0) is 21.1. The Morgan fingerprint density at radius 3 is 2.17 bits per heavy atom. The van der Waals surface area contributed by atoms with E-state index >= 15 is 0 Å². The van der Waals surface area contributed by atoms with E-state index in [1.807, 2.05) is 24.3 Å². The number of ether oxygens (including phenoxy) is 5. The fraction of sp³-hybridized carbons (Fsp3) is 0.652. The van der Waals surface area contributed by atoms with Crippen LogP contribution in [0, 0.1) is 0 Å². The molecule has 3 aliphatic rings. The molecule has 166 valence electrons. The average molecular weight is 421 g/mol. The predicted octanol–water partition coefficient (Wildman–Crippen LogP) is 2.33. The van der Waals surface area contributed by atoms with E-state index in [0.717, 1.165) is 43.4 Å². The fourth-order valence-electron chi connectivity index (χ4n) is 4.75. The van der Waals surface area contributed by atoms with Gasteiger partial charge in [0.25, 0.3) is 0 Å². The Hall–Kier alpha value is -1.48. The van der Waals surface area contributed by atoms with Crippen LogP contribution < -0.4 is 4.74 Å². The van der Waals surface area contributed by atoms with E-state index in [-0.39, 0.29) is 13.2 Å². The van der Waals surface area contributed by atoms with Crippen molar-refractivity contribution >= 4 is 0 Å². The van der Waals surface area contributed by atoms with E-state index in [9.17, 15) is 10.2 Å². The lowest BCUT2D eigenvalue weighted by atomic mass is 9.84. The third kappa shape index (κ3) is 4.28. The number of benzene rings is 1. The lowest BCUT2D eigenvalue weighted by Crippen LogP contribution is -2.64. The second kappa shape index (κ2) is 9.34. The van der Waals surface area contributed by atoms with Gasteiger partial charge in [-0.15, -0.1) is 6.58 Å². The molecule has 0 amide bonds. The van der Waals surface area contributed by atoms with Gasteiger partial charge in [0.05, 0.1) is 20.3 Å². The molecule has 6 atom stereocenters. The number of hydrogen-bond donors (Lipinski definition) is 2. The maximum absolute atomic E-state index is 10.9. The molecular formula is C23H32O7. The van der Waals surface area contributed by atoms with Gasteiger partial charge in [-0.05, 0) is 30.5 Å². The Morgan fingerprint density at radius 2 is 1.60 bits per heavy atom. The zero-order valence-electron chi connectivity index (χ0n) is 17.4. The Kier molecular flexibility index (Phi) is 6.77. The van der Waals surface area contributed by atoms with Crippen molar-refractivity contribution in [1.82, 2.24) is 0 Å². The molecule has 1 saturated heterocycles. The first kappa shape index (κ1) is 21.7. The van der Waals surface area contributed by atoms with Gasteiger partial charge >= 0.3 is 0 Å². The number of fused-ring (bicyclic) bond motifs is 1. The Bertz CT molecular complexity index is 700. The van der Waals surface area contributed by atoms with E-state index in [4.69, 9.17) is 23.7 Å². The van der Waals surface area contributed by atoms with Gasteiger partial charge in [0, 0.05) is 12.8 Å². The molecule has 0 unspecified atom stereocenters. The van der Waals surface area contributed by atoms with Gasteiger partial charge in [0.2, 0.25) is 0 Å². The highest BCUT2D eigenvalue weighted by molar-refractivity contribution is 5.26. The smallest absolute Gasteiger partial charge is 0.169 e. The number of aliphatic hydroxyl groups excluding tert-OH is 2. The summed E-state index contributed by atoms with van der Waals surface area (Å²) in [5, 5.41) is 21.7. The maximum atomic E-state index is 10.9.